The molecule has 0 aromatic carbocycles. The molecule has 0 unspecified atom stereocenters. The maximum Gasteiger partial charge on any atom is 0.0724 e. The van der Waals surface area contributed by atoms with Crippen LogP contribution in [0.1, 0.15) is 64.2 Å². The van der Waals surface area contributed by atoms with Crippen LogP contribution in [0.4, 0.5) is 0 Å². The minimum absolute atomic E-state index is 0.0261. The maximum atomic E-state index is 10.5. The van der Waals surface area contributed by atoms with E-state index in [0.717, 1.165) is 32.1 Å². The molecule has 0 radical (unpaired) electrons. The van der Waals surface area contributed by atoms with Gasteiger partial charge in [0.15, 0.2) is 0 Å². The van der Waals surface area contributed by atoms with Crippen molar-refractivity contribution in [3.63, 3.8) is 0 Å². The van der Waals surface area contributed by atoms with Crippen LogP contribution >= 0.6 is 0 Å². The van der Waals surface area contributed by atoms with Gasteiger partial charge in [0.05, 0.1) is 14.9 Å². The molecule has 2 N–H and O–H groups in total. The molecule has 3 fully saturated rings. The van der Waals surface area contributed by atoms with E-state index in [9.17, 15) is 10.2 Å². The number of fused-ring (bicyclic) bond motifs is 5. The quantitative estimate of drug-likeness (QED) is 0.671. The van der Waals surface area contributed by atoms with Crippen LogP contribution in [0.2, 0.25) is 0 Å². The minimum atomic E-state index is -2.46. The second-order valence-corrected chi connectivity index (χ2v) is 8.29. The van der Waals surface area contributed by atoms with E-state index in [1.807, 2.05) is 6.92 Å². The van der Waals surface area contributed by atoms with Crippen molar-refractivity contribution < 1.29 is 15.7 Å². The average Bonchev–Trinajstić information content (AvgIpc) is 2.81. The molecule has 0 spiro atoms. The molecule has 0 aromatic heterocycles. The lowest BCUT2D eigenvalue weighted by atomic mass is 9.46. The lowest BCUT2D eigenvalue weighted by molar-refractivity contribution is -0.0994. The molecule has 2 heteroatoms. The summed E-state index contributed by atoms with van der Waals surface area (Å²) in [5, 5.41) is 20.9. The molecule has 0 aromatic rings. The van der Waals surface area contributed by atoms with Gasteiger partial charge >= 0.3 is 0 Å². The highest BCUT2D eigenvalue weighted by Crippen LogP contribution is 2.65. The van der Waals surface area contributed by atoms with E-state index in [0.29, 0.717) is 18.3 Å². The number of aliphatic hydroxyl groups is 2. The largest absolute Gasteiger partial charge is 0.393 e. The average molecular weight is 294 g/mol. The van der Waals surface area contributed by atoms with E-state index in [-0.39, 0.29) is 23.5 Å². The Morgan fingerprint density at radius 1 is 1.14 bits per heavy atom. The Hall–Kier alpha value is -0.340. The van der Waals surface area contributed by atoms with Crippen LogP contribution in [-0.4, -0.2) is 22.4 Å². The van der Waals surface area contributed by atoms with Crippen LogP contribution in [0.3, 0.4) is 0 Å². The van der Waals surface area contributed by atoms with Gasteiger partial charge in [-0.25, -0.2) is 0 Å². The molecule has 2 nitrogen and oxygen atoms in total. The zero-order chi connectivity index (χ0) is 18.4. The van der Waals surface area contributed by atoms with E-state index >= 15 is 0 Å². The Balaban J connectivity index is 1.76. The lowest BCUT2D eigenvalue weighted by Gasteiger charge is -2.59. The number of rotatable bonds is 0. The van der Waals surface area contributed by atoms with Gasteiger partial charge in [-0.05, 0) is 79.4 Å². The predicted octanol–water partition coefficient (Wildman–Crippen LogP) is 3.53. The van der Waals surface area contributed by atoms with Crippen LogP contribution < -0.4 is 0 Å². The van der Waals surface area contributed by atoms with Crippen molar-refractivity contribution in [3.05, 3.63) is 12.1 Å². The van der Waals surface area contributed by atoms with Crippen LogP contribution in [0.5, 0.6) is 0 Å². The fourth-order valence-corrected chi connectivity index (χ4v) is 6.23. The maximum absolute atomic E-state index is 10.5. The van der Waals surface area contributed by atoms with Gasteiger partial charge in [-0.1, -0.05) is 26.0 Å². The smallest absolute Gasteiger partial charge is 0.0724 e. The highest BCUT2D eigenvalue weighted by molar-refractivity contribution is 5.17. The van der Waals surface area contributed by atoms with Gasteiger partial charge in [-0.2, -0.15) is 0 Å². The molecule has 0 aliphatic heterocycles. The van der Waals surface area contributed by atoms with Gasteiger partial charge in [0.1, 0.15) is 0 Å². The summed E-state index contributed by atoms with van der Waals surface area (Å²) in [6.07, 6.45) is 2.19. The van der Waals surface area contributed by atoms with Gasteiger partial charge in [-0.15, -0.1) is 0 Å². The van der Waals surface area contributed by atoms with Crippen LogP contribution in [0.15, 0.2) is 12.1 Å². The fraction of sp³-hybridized carbons (Fsp3) is 0.895. The first-order valence-corrected chi connectivity index (χ1v) is 8.56. The summed E-state index contributed by atoms with van der Waals surface area (Å²) in [7, 11) is 0. The number of hydrogen-bond donors (Lipinski definition) is 2. The van der Waals surface area contributed by atoms with Gasteiger partial charge in [-0.3, -0.25) is 0 Å². The molecule has 4 rings (SSSR count). The molecule has 4 aliphatic rings. The summed E-state index contributed by atoms with van der Waals surface area (Å²) < 4.78 is 33.1. The zero-order valence-electron chi connectivity index (χ0n) is 17.1. The summed E-state index contributed by atoms with van der Waals surface area (Å²) in [5.74, 6) is 0.730. The normalized spacial score (nSPS) is 68.4. The van der Waals surface area contributed by atoms with Gasteiger partial charge in [0, 0.05) is 2.74 Å². The SMILES string of the molecule is [2H]C1=C[C@]2(C)[C@H]3CC[C@]4(C)[C@@H](O)CC[C@H]4[C@@H]3CC[C@H]2C([2H])([2H])[C@@]1([2H])O. The highest BCUT2D eigenvalue weighted by Gasteiger charge is 2.59. The first-order valence-electron chi connectivity index (χ1n) is 10.6. The number of allylic oxidation sites excluding steroid dienone is 1. The van der Waals surface area contributed by atoms with E-state index in [4.69, 9.17) is 5.48 Å². The second kappa shape index (κ2) is 4.58. The molecule has 0 bridgehead atoms. The molecule has 118 valence electrons. The molecular formula is C19H30O2. The third kappa shape index (κ3) is 1.84. The van der Waals surface area contributed by atoms with Crippen molar-refractivity contribution in [2.75, 3.05) is 0 Å². The van der Waals surface area contributed by atoms with E-state index in [1.54, 1.807) is 6.08 Å². The van der Waals surface area contributed by atoms with E-state index in [2.05, 4.69) is 6.92 Å². The number of hydrogen-bond acceptors (Lipinski definition) is 2. The fourth-order valence-electron chi connectivity index (χ4n) is 6.23. The first-order chi connectivity index (χ1) is 11.5. The molecule has 3 saturated carbocycles. The molecule has 8 atom stereocenters. The summed E-state index contributed by atoms with van der Waals surface area (Å²) in [4.78, 5) is 0. The summed E-state index contributed by atoms with van der Waals surface area (Å²) in [5.41, 5.74) is -0.520. The topological polar surface area (TPSA) is 40.5 Å². The zero-order valence-corrected chi connectivity index (χ0v) is 13.1. The third-order valence-electron chi connectivity index (χ3n) is 7.56. The molecule has 21 heavy (non-hydrogen) atoms. The van der Waals surface area contributed by atoms with Crippen molar-refractivity contribution in [1.29, 1.82) is 0 Å². The molecule has 4 aliphatic carbocycles. The first kappa shape index (κ1) is 10.4. The predicted molar refractivity (Wildman–Crippen MR) is 83.6 cm³/mol. The van der Waals surface area contributed by atoms with Crippen molar-refractivity contribution in [2.45, 2.75) is 70.9 Å². The van der Waals surface area contributed by atoms with E-state index < -0.39 is 23.8 Å². The van der Waals surface area contributed by atoms with Crippen molar-refractivity contribution >= 4 is 0 Å². The Bertz CT molecular complexity index is 619. The van der Waals surface area contributed by atoms with Crippen LogP contribution in [0, 0.1) is 34.5 Å². The van der Waals surface area contributed by atoms with Gasteiger partial charge < -0.3 is 10.2 Å². The number of aliphatic hydroxyl groups excluding tert-OH is 1. The summed E-state index contributed by atoms with van der Waals surface area (Å²) in [6, 6.07) is -0.295. The highest BCUT2D eigenvalue weighted by atomic mass is 16.3. The molecule has 0 heterocycles. The third-order valence-corrected chi connectivity index (χ3v) is 7.56. The minimum Gasteiger partial charge on any atom is -0.393 e. The van der Waals surface area contributed by atoms with E-state index in [1.165, 1.54) is 0 Å². The lowest BCUT2D eigenvalue weighted by Crippen LogP contribution is -2.53. The standard InChI is InChI=1S/C19H30O2/c1-18-9-7-13(20)11-12(18)3-4-14-15-5-6-17(21)19(15,2)10-8-16(14)18/h7,9,12-17,20-21H,3-6,8,10-11H2,1-2H3/t12-,13-,14-,15-,16-,17-,18-,19-/m0/s1/i7D,11D2,13D. The molecular weight excluding hydrogens is 260 g/mol. The Morgan fingerprint density at radius 2 is 1.95 bits per heavy atom. The summed E-state index contributed by atoms with van der Waals surface area (Å²) >= 11 is 0. The summed E-state index contributed by atoms with van der Waals surface area (Å²) in [6.45, 7) is 4.26. The van der Waals surface area contributed by atoms with Gasteiger partial charge in [0.2, 0.25) is 0 Å². The second-order valence-electron chi connectivity index (χ2n) is 8.29. The molecule has 0 amide bonds. The Kier molecular flexibility index (Phi) is 2.28. The monoisotopic (exact) mass is 294 g/mol. The van der Waals surface area contributed by atoms with Crippen molar-refractivity contribution in [2.24, 2.45) is 34.5 Å². The van der Waals surface area contributed by atoms with Crippen molar-refractivity contribution in [3.8, 4) is 0 Å². The van der Waals surface area contributed by atoms with Gasteiger partial charge in [0.25, 0.3) is 0 Å². The molecule has 0 saturated heterocycles. The van der Waals surface area contributed by atoms with Crippen molar-refractivity contribution in [1.82, 2.24) is 0 Å². The Morgan fingerprint density at radius 3 is 2.76 bits per heavy atom. The van der Waals surface area contributed by atoms with Crippen LogP contribution in [-0.2, 0) is 0 Å². The Labute approximate surface area is 134 Å². The van der Waals surface area contributed by atoms with Crippen LogP contribution in [0.25, 0.3) is 0 Å².